The van der Waals surface area contributed by atoms with Gasteiger partial charge in [-0.05, 0) is 23.8 Å². The molecular weight excluding hydrogens is 364 g/mol. The van der Waals surface area contributed by atoms with Crippen LogP contribution in [0.25, 0.3) is 11.1 Å². The summed E-state index contributed by atoms with van der Waals surface area (Å²) in [6.45, 7) is 0.00228. The Kier molecular flexibility index (Phi) is 7.03. The molecule has 3 aromatic rings. The molecule has 0 atom stereocenters. The van der Waals surface area contributed by atoms with Crippen LogP contribution in [0.3, 0.4) is 0 Å². The van der Waals surface area contributed by atoms with Gasteiger partial charge in [0.05, 0.1) is 6.21 Å². The molecular formula is C24H20N2O3. The predicted octanol–water partition coefficient (Wildman–Crippen LogP) is 3.89. The minimum Gasteiger partial charge on any atom is -0.483 e. The van der Waals surface area contributed by atoms with Gasteiger partial charge < -0.3 is 9.47 Å². The van der Waals surface area contributed by atoms with E-state index in [1.165, 1.54) is 6.21 Å². The van der Waals surface area contributed by atoms with E-state index in [1.807, 2.05) is 72.8 Å². The first-order valence-corrected chi connectivity index (χ1v) is 9.02. The molecule has 0 aliphatic heterocycles. The van der Waals surface area contributed by atoms with Crippen LogP contribution < -0.4 is 14.9 Å². The maximum atomic E-state index is 12.1. The van der Waals surface area contributed by atoms with Crippen LogP contribution in [0, 0.1) is 12.3 Å². The molecule has 0 spiro atoms. The first kappa shape index (κ1) is 19.7. The quantitative estimate of drug-likeness (QED) is 0.364. The van der Waals surface area contributed by atoms with Crippen molar-refractivity contribution in [1.29, 1.82) is 0 Å². The summed E-state index contributed by atoms with van der Waals surface area (Å²) in [7, 11) is 0. The maximum Gasteiger partial charge on any atom is 0.277 e. The number of hydrogen-bond acceptors (Lipinski definition) is 4. The summed E-state index contributed by atoms with van der Waals surface area (Å²) >= 11 is 0. The van der Waals surface area contributed by atoms with Crippen molar-refractivity contribution in [3.63, 3.8) is 0 Å². The Hall–Kier alpha value is -4.04. The Labute approximate surface area is 170 Å². The van der Waals surface area contributed by atoms with Crippen molar-refractivity contribution >= 4 is 12.1 Å². The molecule has 29 heavy (non-hydrogen) atoms. The number of carbonyl (C=O) groups is 1. The van der Waals surface area contributed by atoms with Crippen molar-refractivity contribution in [1.82, 2.24) is 5.43 Å². The molecule has 1 amide bonds. The molecule has 5 nitrogen and oxygen atoms in total. The summed E-state index contributed by atoms with van der Waals surface area (Å²) in [6.07, 6.45) is 6.72. The smallest absolute Gasteiger partial charge is 0.277 e. The molecule has 5 heteroatoms. The fourth-order valence-corrected chi connectivity index (χ4v) is 2.64. The lowest BCUT2D eigenvalue weighted by atomic mass is 10.1. The molecule has 0 bridgehead atoms. The van der Waals surface area contributed by atoms with E-state index in [-0.39, 0.29) is 19.1 Å². The standard InChI is InChI=1S/C24H20N2O3/c1-2-16-28-22-14-8-6-12-20(22)17-25-26-24(27)18-29-23-15-9-7-13-21(23)19-10-4-3-5-11-19/h1,3-15,17H,16,18H2,(H,26,27)/b25-17-. The Morgan fingerprint density at radius 2 is 1.62 bits per heavy atom. The summed E-state index contributed by atoms with van der Waals surface area (Å²) in [4.78, 5) is 12.1. The van der Waals surface area contributed by atoms with Gasteiger partial charge in [0.2, 0.25) is 0 Å². The van der Waals surface area contributed by atoms with Gasteiger partial charge in [0, 0.05) is 11.1 Å². The number of terminal acetylenes is 1. The molecule has 1 N–H and O–H groups in total. The highest BCUT2D eigenvalue weighted by molar-refractivity contribution is 5.85. The van der Waals surface area contributed by atoms with Crippen molar-refractivity contribution in [2.24, 2.45) is 5.10 Å². The SMILES string of the molecule is C#CCOc1ccccc1/C=N\NC(=O)COc1ccccc1-c1ccccc1. The number of amides is 1. The van der Waals surface area contributed by atoms with Crippen LogP contribution in [0.1, 0.15) is 5.56 Å². The Bertz CT molecular complexity index is 1020. The third-order valence-corrected chi connectivity index (χ3v) is 3.95. The van der Waals surface area contributed by atoms with E-state index < -0.39 is 0 Å². The highest BCUT2D eigenvalue weighted by atomic mass is 16.5. The molecule has 0 saturated heterocycles. The van der Waals surface area contributed by atoms with E-state index in [0.717, 1.165) is 11.1 Å². The molecule has 0 radical (unpaired) electrons. The number of nitrogens with one attached hydrogen (secondary N) is 1. The van der Waals surface area contributed by atoms with Crippen molar-refractivity contribution in [2.75, 3.05) is 13.2 Å². The lowest BCUT2D eigenvalue weighted by Gasteiger charge is -2.11. The molecule has 0 heterocycles. The Morgan fingerprint density at radius 3 is 2.41 bits per heavy atom. The van der Waals surface area contributed by atoms with E-state index in [9.17, 15) is 4.79 Å². The van der Waals surface area contributed by atoms with Crippen molar-refractivity contribution in [2.45, 2.75) is 0 Å². The van der Waals surface area contributed by atoms with Crippen LogP contribution in [0.2, 0.25) is 0 Å². The number of rotatable bonds is 8. The number of hydrazone groups is 1. The van der Waals surface area contributed by atoms with Crippen molar-refractivity contribution in [3.05, 3.63) is 84.4 Å². The van der Waals surface area contributed by atoms with Crippen LogP contribution in [-0.2, 0) is 4.79 Å². The average molecular weight is 384 g/mol. The van der Waals surface area contributed by atoms with Gasteiger partial charge in [-0.2, -0.15) is 5.10 Å². The highest BCUT2D eigenvalue weighted by Crippen LogP contribution is 2.29. The second kappa shape index (κ2) is 10.3. The predicted molar refractivity (Wildman–Crippen MR) is 114 cm³/mol. The summed E-state index contributed by atoms with van der Waals surface area (Å²) in [5.74, 6) is 3.27. The van der Waals surface area contributed by atoms with Crippen LogP contribution in [-0.4, -0.2) is 25.3 Å². The topological polar surface area (TPSA) is 59.9 Å². The van der Waals surface area contributed by atoms with Gasteiger partial charge in [-0.1, -0.05) is 66.6 Å². The van der Waals surface area contributed by atoms with Crippen molar-refractivity contribution < 1.29 is 14.3 Å². The first-order valence-electron chi connectivity index (χ1n) is 9.02. The number of nitrogens with zero attached hydrogens (tertiary/aromatic N) is 1. The number of carbonyl (C=O) groups excluding carboxylic acids is 1. The third kappa shape index (κ3) is 5.72. The molecule has 0 unspecified atom stereocenters. The number of ether oxygens (including phenoxy) is 2. The van der Waals surface area contributed by atoms with E-state index in [0.29, 0.717) is 17.1 Å². The zero-order chi connectivity index (χ0) is 20.3. The third-order valence-electron chi connectivity index (χ3n) is 3.95. The van der Waals surface area contributed by atoms with Crippen molar-refractivity contribution in [3.8, 4) is 35.0 Å². The van der Waals surface area contributed by atoms with E-state index in [1.54, 1.807) is 6.07 Å². The van der Waals surface area contributed by atoms with Crippen LogP contribution in [0.15, 0.2) is 84.0 Å². The molecule has 3 rings (SSSR count). The summed E-state index contributed by atoms with van der Waals surface area (Å²) < 4.78 is 11.1. The van der Waals surface area contributed by atoms with E-state index in [2.05, 4.69) is 16.4 Å². The summed E-state index contributed by atoms with van der Waals surface area (Å²) in [5.41, 5.74) is 5.10. The normalized spacial score (nSPS) is 10.3. The van der Waals surface area contributed by atoms with Crippen LogP contribution in [0.5, 0.6) is 11.5 Å². The van der Waals surface area contributed by atoms with E-state index in [4.69, 9.17) is 15.9 Å². The van der Waals surface area contributed by atoms with E-state index >= 15 is 0 Å². The number of benzene rings is 3. The zero-order valence-corrected chi connectivity index (χ0v) is 15.7. The Morgan fingerprint density at radius 1 is 0.931 bits per heavy atom. The largest absolute Gasteiger partial charge is 0.483 e. The van der Waals surface area contributed by atoms with Crippen LogP contribution >= 0.6 is 0 Å². The molecule has 0 aromatic heterocycles. The van der Waals surface area contributed by atoms with Gasteiger partial charge in [0.1, 0.15) is 18.1 Å². The summed E-state index contributed by atoms with van der Waals surface area (Å²) in [5, 5.41) is 3.97. The first-order chi connectivity index (χ1) is 14.3. The molecule has 0 aliphatic carbocycles. The summed E-state index contributed by atoms with van der Waals surface area (Å²) in [6, 6.07) is 24.7. The monoisotopic (exact) mass is 384 g/mol. The molecule has 3 aromatic carbocycles. The lowest BCUT2D eigenvalue weighted by molar-refractivity contribution is -0.123. The molecule has 0 saturated carbocycles. The lowest BCUT2D eigenvalue weighted by Crippen LogP contribution is -2.24. The highest BCUT2D eigenvalue weighted by Gasteiger charge is 2.08. The van der Waals surface area contributed by atoms with Gasteiger partial charge in [-0.3, -0.25) is 4.79 Å². The zero-order valence-electron chi connectivity index (χ0n) is 15.7. The van der Waals surface area contributed by atoms with Crippen LogP contribution in [0.4, 0.5) is 0 Å². The van der Waals surface area contributed by atoms with Gasteiger partial charge >= 0.3 is 0 Å². The fraction of sp³-hybridized carbons (Fsp3) is 0.0833. The molecule has 0 aliphatic rings. The Balaban J connectivity index is 1.58. The minimum atomic E-state index is -0.369. The number of hydrogen-bond donors (Lipinski definition) is 1. The second-order valence-electron chi connectivity index (χ2n) is 5.97. The molecule has 0 fully saturated rings. The van der Waals surface area contributed by atoms with Gasteiger partial charge in [-0.15, -0.1) is 6.42 Å². The second-order valence-corrected chi connectivity index (χ2v) is 5.97. The van der Waals surface area contributed by atoms with Gasteiger partial charge in [0.25, 0.3) is 5.91 Å². The van der Waals surface area contributed by atoms with Gasteiger partial charge in [0.15, 0.2) is 6.61 Å². The average Bonchev–Trinajstić information content (AvgIpc) is 2.78. The molecule has 144 valence electrons. The minimum absolute atomic E-state index is 0.156. The number of para-hydroxylation sites is 2. The maximum absolute atomic E-state index is 12.1. The fourth-order valence-electron chi connectivity index (χ4n) is 2.64. The van der Waals surface area contributed by atoms with Gasteiger partial charge in [-0.25, -0.2) is 5.43 Å².